The number of likely N-dealkylation sites (tertiary alicyclic amines) is 1. The van der Waals surface area contributed by atoms with E-state index in [0.29, 0.717) is 0 Å². The van der Waals surface area contributed by atoms with Crippen LogP contribution in [0.1, 0.15) is 32.3 Å². The smallest absolute Gasteiger partial charge is 0.0456 e. The van der Waals surface area contributed by atoms with Crippen LogP contribution in [0.5, 0.6) is 0 Å². The van der Waals surface area contributed by atoms with E-state index in [1.807, 2.05) is 0 Å². The highest BCUT2D eigenvalue weighted by molar-refractivity contribution is 5.85. The highest BCUT2D eigenvalue weighted by atomic mass is 35.5. The second-order valence-electron chi connectivity index (χ2n) is 5.62. The summed E-state index contributed by atoms with van der Waals surface area (Å²) in [4.78, 5) is 6.02. The Balaban J connectivity index is 0.00000133. The monoisotopic (exact) mass is 278 g/mol. The van der Waals surface area contributed by atoms with Crippen molar-refractivity contribution in [1.82, 2.24) is 9.88 Å². The minimum Gasteiger partial charge on any atom is -0.361 e. The maximum absolute atomic E-state index is 3.37. The Morgan fingerprint density at radius 1 is 1.16 bits per heavy atom. The van der Waals surface area contributed by atoms with Gasteiger partial charge in [-0.3, -0.25) is 4.90 Å². The van der Waals surface area contributed by atoms with Gasteiger partial charge < -0.3 is 4.98 Å². The van der Waals surface area contributed by atoms with Gasteiger partial charge in [0.25, 0.3) is 0 Å². The van der Waals surface area contributed by atoms with Crippen LogP contribution in [0.15, 0.2) is 30.5 Å². The summed E-state index contributed by atoms with van der Waals surface area (Å²) >= 11 is 0. The van der Waals surface area contributed by atoms with E-state index in [1.165, 1.54) is 35.9 Å². The van der Waals surface area contributed by atoms with Gasteiger partial charge in [-0.1, -0.05) is 18.2 Å². The van der Waals surface area contributed by atoms with Crippen molar-refractivity contribution in [2.75, 3.05) is 6.54 Å². The Morgan fingerprint density at radius 3 is 2.58 bits per heavy atom. The zero-order valence-electron chi connectivity index (χ0n) is 11.7. The second-order valence-corrected chi connectivity index (χ2v) is 5.62. The van der Waals surface area contributed by atoms with Crippen LogP contribution in [-0.4, -0.2) is 28.5 Å². The Kier molecular flexibility index (Phi) is 4.54. The van der Waals surface area contributed by atoms with E-state index in [-0.39, 0.29) is 12.4 Å². The average Bonchev–Trinajstić information content (AvgIpc) is 2.93. The van der Waals surface area contributed by atoms with Gasteiger partial charge in [-0.2, -0.15) is 0 Å². The highest BCUT2D eigenvalue weighted by Gasteiger charge is 2.26. The number of aromatic amines is 1. The lowest BCUT2D eigenvalue weighted by molar-refractivity contribution is 0.217. The van der Waals surface area contributed by atoms with Crippen LogP contribution in [0.4, 0.5) is 0 Å². The van der Waals surface area contributed by atoms with E-state index in [9.17, 15) is 0 Å². The molecule has 3 heteroatoms. The Hall–Kier alpha value is -0.990. The number of benzene rings is 1. The van der Waals surface area contributed by atoms with Gasteiger partial charge >= 0.3 is 0 Å². The van der Waals surface area contributed by atoms with Crippen molar-refractivity contribution in [3.05, 3.63) is 36.0 Å². The lowest BCUT2D eigenvalue weighted by Gasteiger charge is -2.25. The fourth-order valence-electron chi connectivity index (χ4n) is 3.28. The quantitative estimate of drug-likeness (QED) is 0.899. The van der Waals surface area contributed by atoms with Crippen LogP contribution in [0.2, 0.25) is 0 Å². The van der Waals surface area contributed by atoms with Crippen LogP contribution in [0.3, 0.4) is 0 Å². The molecule has 0 saturated carbocycles. The predicted molar refractivity (Wildman–Crippen MR) is 84.1 cm³/mol. The normalized spacial score (nSPS) is 23.7. The average molecular weight is 279 g/mol. The molecule has 1 aromatic carbocycles. The summed E-state index contributed by atoms with van der Waals surface area (Å²) in [5.74, 6) is 0. The summed E-state index contributed by atoms with van der Waals surface area (Å²) in [5.41, 5.74) is 2.71. The first-order valence-electron chi connectivity index (χ1n) is 7.06. The summed E-state index contributed by atoms with van der Waals surface area (Å²) in [6, 6.07) is 10.1. The molecule has 2 heterocycles. The van der Waals surface area contributed by atoms with Crippen molar-refractivity contribution in [1.29, 1.82) is 0 Å². The summed E-state index contributed by atoms with van der Waals surface area (Å²) < 4.78 is 0. The second kappa shape index (κ2) is 5.98. The number of nitrogens with zero attached hydrogens (tertiary/aromatic N) is 1. The van der Waals surface area contributed by atoms with E-state index in [2.05, 4.69) is 54.2 Å². The van der Waals surface area contributed by atoms with E-state index in [0.717, 1.165) is 18.5 Å². The highest BCUT2D eigenvalue weighted by Crippen LogP contribution is 2.25. The third-order valence-electron chi connectivity index (χ3n) is 4.45. The summed E-state index contributed by atoms with van der Waals surface area (Å²) in [5, 5.41) is 1.39. The maximum Gasteiger partial charge on any atom is 0.0456 e. The van der Waals surface area contributed by atoms with Gasteiger partial charge in [-0.05, 0) is 44.7 Å². The van der Waals surface area contributed by atoms with Crippen LogP contribution in [-0.2, 0) is 6.42 Å². The Labute approximate surface area is 121 Å². The minimum absolute atomic E-state index is 0. The molecule has 0 bridgehead atoms. The first kappa shape index (κ1) is 14.4. The zero-order valence-corrected chi connectivity index (χ0v) is 12.5. The molecule has 1 aliphatic heterocycles. The summed E-state index contributed by atoms with van der Waals surface area (Å²) in [6.07, 6.45) is 6.04. The zero-order chi connectivity index (χ0) is 12.5. The molecular formula is C16H23ClN2. The van der Waals surface area contributed by atoms with E-state index in [1.54, 1.807) is 0 Å². The topological polar surface area (TPSA) is 19.0 Å². The summed E-state index contributed by atoms with van der Waals surface area (Å²) in [7, 11) is 0. The van der Waals surface area contributed by atoms with Gasteiger partial charge in [-0.25, -0.2) is 0 Å². The lowest BCUT2D eigenvalue weighted by atomic mass is 10.1. The van der Waals surface area contributed by atoms with Crippen LogP contribution in [0, 0.1) is 0 Å². The van der Waals surface area contributed by atoms with Gasteiger partial charge in [0.15, 0.2) is 0 Å². The maximum atomic E-state index is 3.37. The molecule has 1 fully saturated rings. The summed E-state index contributed by atoms with van der Waals surface area (Å²) in [6.45, 7) is 5.90. The number of halogens is 1. The van der Waals surface area contributed by atoms with E-state index in [4.69, 9.17) is 0 Å². The fraction of sp³-hybridized carbons (Fsp3) is 0.500. The molecule has 0 aliphatic carbocycles. The molecule has 104 valence electrons. The number of fused-ring (bicyclic) bond motifs is 1. The standard InChI is InChI=1S/C16H22N2.ClH/c1-12-7-8-13(2)18(12)10-9-14-11-17-16-6-4-3-5-15(14)16;/h3-6,11-13,17H,7-10H2,1-2H3;1H/t12-,13-;/m1./s1. The molecule has 2 atom stereocenters. The Morgan fingerprint density at radius 2 is 1.84 bits per heavy atom. The Bertz CT molecular complexity index is 524. The molecule has 2 nitrogen and oxygen atoms in total. The van der Waals surface area contributed by atoms with Crippen molar-refractivity contribution in [2.45, 2.75) is 45.2 Å². The first-order valence-corrected chi connectivity index (χ1v) is 7.06. The first-order chi connectivity index (χ1) is 8.75. The van der Waals surface area contributed by atoms with E-state index >= 15 is 0 Å². The van der Waals surface area contributed by atoms with Crippen LogP contribution >= 0.6 is 12.4 Å². The van der Waals surface area contributed by atoms with Gasteiger partial charge in [-0.15, -0.1) is 12.4 Å². The molecule has 3 rings (SSSR count). The van der Waals surface area contributed by atoms with Crippen molar-refractivity contribution >= 4 is 23.3 Å². The van der Waals surface area contributed by atoms with Crippen molar-refractivity contribution in [3.63, 3.8) is 0 Å². The van der Waals surface area contributed by atoms with Gasteiger partial charge in [0, 0.05) is 35.7 Å². The van der Waals surface area contributed by atoms with Gasteiger partial charge in [0.05, 0.1) is 0 Å². The van der Waals surface area contributed by atoms with Crippen molar-refractivity contribution in [2.24, 2.45) is 0 Å². The molecule has 1 N–H and O–H groups in total. The predicted octanol–water partition coefficient (Wildman–Crippen LogP) is 4.01. The molecule has 1 aliphatic rings. The fourth-order valence-corrected chi connectivity index (χ4v) is 3.28. The minimum atomic E-state index is 0. The molecule has 1 aromatic heterocycles. The number of hydrogen-bond donors (Lipinski definition) is 1. The number of aromatic nitrogens is 1. The van der Waals surface area contributed by atoms with E-state index < -0.39 is 0 Å². The molecule has 1 saturated heterocycles. The number of rotatable bonds is 3. The molecule has 2 aromatic rings. The number of hydrogen-bond acceptors (Lipinski definition) is 1. The van der Waals surface area contributed by atoms with Gasteiger partial charge in [0.1, 0.15) is 0 Å². The molecule has 0 spiro atoms. The van der Waals surface area contributed by atoms with Gasteiger partial charge in [0.2, 0.25) is 0 Å². The lowest BCUT2D eigenvalue weighted by Crippen LogP contribution is -2.34. The number of nitrogens with one attached hydrogen (secondary N) is 1. The third-order valence-corrected chi connectivity index (χ3v) is 4.45. The van der Waals surface area contributed by atoms with Crippen LogP contribution < -0.4 is 0 Å². The largest absolute Gasteiger partial charge is 0.361 e. The molecule has 0 unspecified atom stereocenters. The molecule has 19 heavy (non-hydrogen) atoms. The van der Waals surface area contributed by atoms with Crippen molar-refractivity contribution < 1.29 is 0 Å². The number of H-pyrrole nitrogens is 1. The van der Waals surface area contributed by atoms with Crippen LogP contribution in [0.25, 0.3) is 10.9 Å². The SMILES string of the molecule is C[C@@H]1CC[C@@H](C)N1CCc1c[nH]c2ccccc12.Cl. The number of para-hydroxylation sites is 1. The molecule has 0 radical (unpaired) electrons. The third kappa shape index (κ3) is 2.80. The van der Waals surface area contributed by atoms with Crippen molar-refractivity contribution in [3.8, 4) is 0 Å². The molecular weight excluding hydrogens is 256 g/mol. The molecule has 0 amide bonds.